The van der Waals surface area contributed by atoms with Crippen LogP contribution in [0.5, 0.6) is 0 Å². The lowest BCUT2D eigenvalue weighted by atomic mass is 9.92. The van der Waals surface area contributed by atoms with E-state index in [0.717, 1.165) is 16.6 Å². The normalized spacial score (nSPS) is 11.6. The molecule has 5 nitrogen and oxygen atoms in total. The molecule has 0 spiro atoms. The number of methoxy groups -OCH3 is 1. The molecule has 134 valence electrons. The Labute approximate surface area is 156 Å². The molecule has 3 aromatic rings. The predicted molar refractivity (Wildman–Crippen MR) is 100 cm³/mol. The average Bonchev–Trinajstić information content (AvgIpc) is 2.59. The third-order valence-electron chi connectivity index (χ3n) is 4.09. The highest BCUT2D eigenvalue weighted by Gasteiger charge is 2.21. The fraction of sp³-hybridized carbons (Fsp3) is 0.250. The van der Waals surface area contributed by atoms with Crippen LogP contribution in [0.3, 0.4) is 0 Å². The number of aliphatic hydroxyl groups is 1. The van der Waals surface area contributed by atoms with E-state index in [-0.39, 0.29) is 0 Å². The summed E-state index contributed by atoms with van der Waals surface area (Å²) in [4.78, 5) is 20.4. The van der Waals surface area contributed by atoms with Crippen molar-refractivity contribution in [2.45, 2.75) is 25.9 Å². The predicted octanol–water partition coefficient (Wildman–Crippen LogP) is 3.89. The van der Waals surface area contributed by atoms with E-state index in [1.165, 1.54) is 7.11 Å². The van der Waals surface area contributed by atoms with Crippen molar-refractivity contribution < 1.29 is 14.6 Å². The third-order valence-corrected chi connectivity index (χ3v) is 4.30. The molecular weight excluding hydrogens is 352 g/mol. The van der Waals surface area contributed by atoms with Crippen molar-refractivity contribution in [2.75, 3.05) is 7.11 Å². The number of nitrogens with zero attached hydrogens (tertiary/aromatic N) is 2. The number of benzene rings is 1. The molecule has 0 atom stereocenters. The highest BCUT2D eigenvalue weighted by Crippen LogP contribution is 2.30. The molecule has 0 bridgehead atoms. The molecule has 26 heavy (non-hydrogen) atoms. The van der Waals surface area contributed by atoms with Gasteiger partial charge in [-0.15, -0.1) is 0 Å². The fourth-order valence-electron chi connectivity index (χ4n) is 2.88. The molecule has 0 amide bonds. The molecule has 0 saturated carbocycles. The molecule has 0 aliphatic carbocycles. The average molecular weight is 371 g/mol. The summed E-state index contributed by atoms with van der Waals surface area (Å²) in [5, 5.41) is 11.9. The van der Waals surface area contributed by atoms with Gasteiger partial charge in [0.25, 0.3) is 0 Å². The lowest BCUT2D eigenvalue weighted by Crippen LogP contribution is -2.17. The van der Waals surface area contributed by atoms with Gasteiger partial charge in [-0.3, -0.25) is 9.97 Å². The standard InChI is InChI=1S/C20H19ClN2O3/c1-20(2,25)17-8-12(6-14-9-15(21)11-23-18(14)17)7-16-10-13(4-5-22-16)19(24)26-3/h4-6,8-11,25H,7H2,1-3H3. The van der Waals surface area contributed by atoms with E-state index in [1.54, 1.807) is 38.4 Å². The first-order chi connectivity index (χ1) is 12.3. The van der Waals surface area contributed by atoms with Gasteiger partial charge in [0.05, 0.1) is 28.8 Å². The Morgan fingerprint density at radius 1 is 1.23 bits per heavy atom. The van der Waals surface area contributed by atoms with Gasteiger partial charge in [0.1, 0.15) is 0 Å². The summed E-state index contributed by atoms with van der Waals surface area (Å²) in [6.45, 7) is 3.44. The van der Waals surface area contributed by atoms with Crippen LogP contribution in [0.1, 0.15) is 41.0 Å². The van der Waals surface area contributed by atoms with Crippen molar-refractivity contribution >= 4 is 28.5 Å². The minimum Gasteiger partial charge on any atom is -0.465 e. The molecule has 0 fully saturated rings. The molecule has 0 unspecified atom stereocenters. The number of ether oxygens (including phenoxy) is 1. The minimum atomic E-state index is -1.06. The van der Waals surface area contributed by atoms with Crippen molar-refractivity contribution in [3.8, 4) is 0 Å². The molecular formula is C20H19ClN2O3. The highest BCUT2D eigenvalue weighted by molar-refractivity contribution is 6.31. The first-order valence-corrected chi connectivity index (χ1v) is 8.50. The number of fused-ring (bicyclic) bond motifs is 1. The maximum absolute atomic E-state index is 11.7. The monoisotopic (exact) mass is 370 g/mol. The quantitative estimate of drug-likeness (QED) is 0.705. The lowest BCUT2D eigenvalue weighted by Gasteiger charge is -2.21. The summed E-state index contributed by atoms with van der Waals surface area (Å²) in [7, 11) is 1.35. The highest BCUT2D eigenvalue weighted by atomic mass is 35.5. The van der Waals surface area contributed by atoms with Crippen LogP contribution in [0.2, 0.25) is 5.02 Å². The summed E-state index contributed by atoms with van der Waals surface area (Å²) in [6.07, 6.45) is 3.65. The number of hydrogen-bond donors (Lipinski definition) is 1. The molecule has 0 radical (unpaired) electrons. The maximum atomic E-state index is 11.7. The summed E-state index contributed by atoms with van der Waals surface area (Å²) in [6, 6.07) is 9.02. The van der Waals surface area contributed by atoms with Crippen LogP contribution in [0.15, 0.2) is 42.7 Å². The molecule has 3 rings (SSSR count). The Morgan fingerprint density at radius 2 is 2.00 bits per heavy atom. The van der Waals surface area contributed by atoms with E-state index in [2.05, 4.69) is 9.97 Å². The zero-order chi connectivity index (χ0) is 18.9. The Balaban J connectivity index is 2.07. The van der Waals surface area contributed by atoms with E-state index in [9.17, 15) is 9.90 Å². The molecule has 0 aliphatic heterocycles. The second kappa shape index (κ2) is 7.02. The van der Waals surface area contributed by atoms with Crippen LogP contribution >= 0.6 is 11.6 Å². The van der Waals surface area contributed by atoms with Gasteiger partial charge in [0, 0.05) is 35.5 Å². The third kappa shape index (κ3) is 3.84. The second-order valence-electron chi connectivity index (χ2n) is 6.63. The molecule has 1 aromatic carbocycles. The van der Waals surface area contributed by atoms with Gasteiger partial charge >= 0.3 is 5.97 Å². The molecule has 0 aliphatic rings. The zero-order valence-electron chi connectivity index (χ0n) is 14.8. The first kappa shape index (κ1) is 18.3. The summed E-state index contributed by atoms with van der Waals surface area (Å²) in [5.41, 5.74) is 2.48. The van der Waals surface area contributed by atoms with Gasteiger partial charge in [-0.1, -0.05) is 17.7 Å². The number of carbonyl (C=O) groups excluding carboxylic acids is 1. The van der Waals surface area contributed by atoms with Crippen LogP contribution in [-0.4, -0.2) is 28.2 Å². The van der Waals surface area contributed by atoms with Crippen LogP contribution < -0.4 is 0 Å². The first-order valence-electron chi connectivity index (χ1n) is 8.12. The number of esters is 1. The smallest absolute Gasteiger partial charge is 0.337 e. The van der Waals surface area contributed by atoms with E-state index in [4.69, 9.17) is 16.3 Å². The van der Waals surface area contributed by atoms with E-state index >= 15 is 0 Å². The minimum absolute atomic E-state index is 0.402. The number of carbonyl (C=O) groups is 1. The van der Waals surface area contributed by atoms with Crippen LogP contribution in [-0.2, 0) is 16.8 Å². The molecule has 1 N–H and O–H groups in total. The van der Waals surface area contributed by atoms with Crippen molar-refractivity contribution in [1.29, 1.82) is 0 Å². The van der Waals surface area contributed by atoms with Crippen LogP contribution in [0.4, 0.5) is 0 Å². The van der Waals surface area contributed by atoms with Gasteiger partial charge in [-0.05, 0) is 43.7 Å². The van der Waals surface area contributed by atoms with Crippen molar-refractivity contribution in [1.82, 2.24) is 9.97 Å². The topological polar surface area (TPSA) is 72.3 Å². The second-order valence-corrected chi connectivity index (χ2v) is 7.07. The maximum Gasteiger partial charge on any atom is 0.337 e. The van der Waals surface area contributed by atoms with E-state index in [0.29, 0.717) is 28.1 Å². The van der Waals surface area contributed by atoms with Crippen molar-refractivity contribution in [3.63, 3.8) is 0 Å². The SMILES string of the molecule is COC(=O)c1ccnc(Cc2cc(C(C)(C)O)c3ncc(Cl)cc3c2)c1. The van der Waals surface area contributed by atoms with Crippen LogP contribution in [0.25, 0.3) is 10.9 Å². The Morgan fingerprint density at radius 3 is 2.69 bits per heavy atom. The number of halogens is 1. The largest absolute Gasteiger partial charge is 0.465 e. The lowest BCUT2D eigenvalue weighted by molar-refractivity contribution is 0.0600. The van der Waals surface area contributed by atoms with Gasteiger partial charge in [0.15, 0.2) is 0 Å². The summed E-state index contributed by atoms with van der Waals surface area (Å²) in [5.74, 6) is -0.402. The summed E-state index contributed by atoms with van der Waals surface area (Å²) < 4.78 is 4.75. The fourth-order valence-corrected chi connectivity index (χ4v) is 3.05. The number of aromatic nitrogens is 2. The Bertz CT molecular complexity index is 980. The number of hydrogen-bond acceptors (Lipinski definition) is 5. The van der Waals surface area contributed by atoms with Gasteiger partial charge < -0.3 is 9.84 Å². The Hall–Kier alpha value is -2.50. The van der Waals surface area contributed by atoms with Gasteiger partial charge in [0.2, 0.25) is 0 Å². The van der Waals surface area contributed by atoms with Gasteiger partial charge in [-0.25, -0.2) is 4.79 Å². The molecule has 2 heterocycles. The molecule has 6 heteroatoms. The number of pyridine rings is 2. The zero-order valence-corrected chi connectivity index (χ0v) is 15.5. The Kier molecular flexibility index (Phi) is 4.94. The van der Waals surface area contributed by atoms with Crippen molar-refractivity contribution in [3.05, 3.63) is 70.1 Å². The van der Waals surface area contributed by atoms with Gasteiger partial charge in [-0.2, -0.15) is 0 Å². The van der Waals surface area contributed by atoms with E-state index < -0.39 is 11.6 Å². The van der Waals surface area contributed by atoms with Crippen LogP contribution in [0, 0.1) is 0 Å². The van der Waals surface area contributed by atoms with Crippen molar-refractivity contribution in [2.24, 2.45) is 0 Å². The summed E-state index contributed by atoms with van der Waals surface area (Å²) >= 11 is 6.08. The van der Waals surface area contributed by atoms with E-state index in [1.807, 2.05) is 18.2 Å². The number of rotatable bonds is 4. The molecule has 2 aromatic heterocycles. The molecule has 0 saturated heterocycles.